The Morgan fingerprint density at radius 3 is 2.94 bits per heavy atom. The van der Waals surface area contributed by atoms with Crippen molar-refractivity contribution >= 4 is 11.6 Å². The lowest BCUT2D eigenvalue weighted by Gasteiger charge is -2.02. The zero-order valence-corrected chi connectivity index (χ0v) is 9.37. The molecule has 2 aromatic heterocycles. The average Bonchev–Trinajstić information content (AvgIpc) is 2.71. The van der Waals surface area contributed by atoms with Crippen LogP contribution < -0.4 is 11.5 Å². The van der Waals surface area contributed by atoms with Crippen molar-refractivity contribution in [3.05, 3.63) is 41.5 Å². The van der Waals surface area contributed by atoms with Gasteiger partial charge in [0, 0.05) is 18.0 Å². The van der Waals surface area contributed by atoms with E-state index in [0.717, 1.165) is 0 Å². The molecule has 0 atom stereocenters. The number of carbonyl (C=O) groups is 1. The lowest BCUT2D eigenvalue weighted by atomic mass is 10.2. The van der Waals surface area contributed by atoms with E-state index < -0.39 is 5.91 Å². The fraction of sp³-hybridized carbons (Fsp3) is 0.0909. The van der Waals surface area contributed by atoms with Crippen LogP contribution in [0.1, 0.15) is 21.7 Å². The Balaban J connectivity index is 2.32. The van der Waals surface area contributed by atoms with Crippen molar-refractivity contribution in [3.8, 4) is 6.07 Å². The van der Waals surface area contributed by atoms with Crippen molar-refractivity contribution in [2.75, 3.05) is 5.73 Å². The Kier molecular flexibility index (Phi) is 2.93. The monoisotopic (exact) mass is 242 g/mol. The van der Waals surface area contributed by atoms with Gasteiger partial charge in [-0.25, -0.2) is 4.98 Å². The zero-order chi connectivity index (χ0) is 13.1. The number of anilines is 1. The van der Waals surface area contributed by atoms with E-state index in [4.69, 9.17) is 16.7 Å². The lowest BCUT2D eigenvalue weighted by molar-refractivity contribution is 0.0995. The number of amides is 1. The molecule has 2 rings (SSSR count). The molecule has 2 heterocycles. The van der Waals surface area contributed by atoms with Crippen molar-refractivity contribution in [2.24, 2.45) is 5.73 Å². The molecule has 0 saturated heterocycles. The maximum atomic E-state index is 11.0. The third-order valence-corrected chi connectivity index (χ3v) is 2.35. The van der Waals surface area contributed by atoms with Crippen LogP contribution in [0.25, 0.3) is 0 Å². The predicted octanol–water partition coefficient (Wildman–Crippen LogP) is -0.121. The summed E-state index contributed by atoms with van der Waals surface area (Å²) >= 11 is 0. The van der Waals surface area contributed by atoms with Crippen LogP contribution in [0, 0.1) is 11.3 Å². The molecule has 7 nitrogen and oxygen atoms in total. The van der Waals surface area contributed by atoms with Gasteiger partial charge < -0.3 is 11.5 Å². The van der Waals surface area contributed by atoms with Gasteiger partial charge in [0.05, 0.1) is 12.2 Å². The number of nitrogens with zero attached hydrogens (tertiary/aromatic N) is 4. The quantitative estimate of drug-likeness (QED) is 0.776. The molecule has 1 amide bonds. The van der Waals surface area contributed by atoms with Gasteiger partial charge in [-0.15, -0.1) is 0 Å². The molecule has 2 aromatic rings. The number of primary amides is 1. The second kappa shape index (κ2) is 4.55. The highest BCUT2D eigenvalue weighted by Gasteiger charge is 2.12. The van der Waals surface area contributed by atoms with Crippen molar-refractivity contribution in [2.45, 2.75) is 6.54 Å². The summed E-state index contributed by atoms with van der Waals surface area (Å²) in [5, 5.41) is 12.9. The third kappa shape index (κ3) is 2.12. The summed E-state index contributed by atoms with van der Waals surface area (Å²) in [5.74, 6) is -0.682. The standard InChI is InChI=1S/C11H10N6O/c12-4-9-7(2-1-3-15-9)5-17-6-8(13)10(16-17)11(14)18/h1-3,6H,5,13H2,(H2,14,18). The SMILES string of the molecule is N#Cc1ncccc1Cn1cc(N)c(C(N)=O)n1. The van der Waals surface area contributed by atoms with E-state index >= 15 is 0 Å². The van der Waals surface area contributed by atoms with E-state index in [1.807, 2.05) is 6.07 Å². The molecule has 0 aliphatic rings. The molecule has 0 saturated carbocycles. The summed E-state index contributed by atoms with van der Waals surface area (Å²) in [6, 6.07) is 5.46. The Morgan fingerprint density at radius 1 is 1.56 bits per heavy atom. The smallest absolute Gasteiger partial charge is 0.271 e. The van der Waals surface area contributed by atoms with Gasteiger partial charge in [0.15, 0.2) is 5.69 Å². The number of pyridine rings is 1. The molecule has 0 aromatic carbocycles. The van der Waals surface area contributed by atoms with Crippen LogP contribution in [-0.2, 0) is 6.54 Å². The molecule has 0 bridgehead atoms. The van der Waals surface area contributed by atoms with Crippen molar-refractivity contribution in [3.63, 3.8) is 0 Å². The normalized spacial score (nSPS) is 9.94. The highest BCUT2D eigenvalue weighted by atomic mass is 16.1. The van der Waals surface area contributed by atoms with Gasteiger partial charge in [-0.2, -0.15) is 10.4 Å². The number of rotatable bonds is 3. The topological polar surface area (TPSA) is 124 Å². The minimum Gasteiger partial charge on any atom is -0.396 e. The van der Waals surface area contributed by atoms with Gasteiger partial charge in [0.1, 0.15) is 11.8 Å². The van der Waals surface area contributed by atoms with Gasteiger partial charge in [-0.05, 0) is 6.07 Å². The largest absolute Gasteiger partial charge is 0.396 e. The van der Waals surface area contributed by atoms with Gasteiger partial charge >= 0.3 is 0 Å². The first-order valence-electron chi connectivity index (χ1n) is 5.08. The molecular weight excluding hydrogens is 232 g/mol. The number of carbonyl (C=O) groups excluding carboxylic acids is 1. The number of hydrogen-bond donors (Lipinski definition) is 2. The number of nitrogens with two attached hydrogens (primary N) is 2. The van der Waals surface area contributed by atoms with Crippen molar-refractivity contribution in [1.29, 1.82) is 5.26 Å². The number of aromatic nitrogens is 3. The van der Waals surface area contributed by atoms with E-state index in [1.165, 1.54) is 17.1 Å². The van der Waals surface area contributed by atoms with Gasteiger partial charge in [-0.1, -0.05) is 6.07 Å². The lowest BCUT2D eigenvalue weighted by Crippen LogP contribution is -2.14. The van der Waals surface area contributed by atoms with Crippen molar-refractivity contribution in [1.82, 2.24) is 14.8 Å². The molecule has 0 spiro atoms. The van der Waals surface area contributed by atoms with Crippen LogP contribution in [0.2, 0.25) is 0 Å². The summed E-state index contributed by atoms with van der Waals surface area (Å²) in [6.07, 6.45) is 3.03. The van der Waals surface area contributed by atoms with Crippen molar-refractivity contribution < 1.29 is 4.79 Å². The fourth-order valence-electron chi connectivity index (χ4n) is 1.55. The maximum absolute atomic E-state index is 11.0. The van der Waals surface area contributed by atoms with E-state index in [0.29, 0.717) is 17.8 Å². The minimum absolute atomic E-state index is 0.0254. The van der Waals surface area contributed by atoms with Gasteiger partial charge in [-0.3, -0.25) is 9.48 Å². The van der Waals surface area contributed by atoms with E-state index in [1.54, 1.807) is 12.1 Å². The second-order valence-electron chi connectivity index (χ2n) is 3.62. The highest BCUT2D eigenvalue weighted by Crippen LogP contribution is 2.11. The Bertz CT molecular complexity index is 639. The molecule has 0 unspecified atom stereocenters. The molecule has 0 radical (unpaired) electrons. The second-order valence-corrected chi connectivity index (χ2v) is 3.62. The number of hydrogen-bond acceptors (Lipinski definition) is 5. The molecule has 0 fully saturated rings. The number of nitriles is 1. The molecule has 0 aliphatic carbocycles. The molecule has 4 N–H and O–H groups in total. The predicted molar refractivity (Wildman–Crippen MR) is 63.2 cm³/mol. The summed E-state index contributed by atoms with van der Waals surface area (Å²) in [4.78, 5) is 14.9. The van der Waals surface area contributed by atoms with E-state index in [9.17, 15) is 4.79 Å². The van der Waals surface area contributed by atoms with Crippen LogP contribution in [0.5, 0.6) is 0 Å². The van der Waals surface area contributed by atoms with Crippen LogP contribution in [0.3, 0.4) is 0 Å². The van der Waals surface area contributed by atoms with E-state index in [2.05, 4.69) is 10.1 Å². The van der Waals surface area contributed by atoms with Crippen LogP contribution in [0.15, 0.2) is 24.5 Å². The first kappa shape index (κ1) is 11.6. The number of nitrogen functional groups attached to an aromatic ring is 1. The molecular formula is C11H10N6O. The average molecular weight is 242 g/mol. The van der Waals surface area contributed by atoms with E-state index in [-0.39, 0.29) is 11.4 Å². The minimum atomic E-state index is -0.682. The van der Waals surface area contributed by atoms with Gasteiger partial charge in [0.25, 0.3) is 5.91 Å². The summed E-state index contributed by atoms with van der Waals surface area (Å²) < 4.78 is 1.45. The maximum Gasteiger partial charge on any atom is 0.271 e. The third-order valence-electron chi connectivity index (χ3n) is 2.35. The summed E-state index contributed by atoms with van der Waals surface area (Å²) in [5.41, 5.74) is 12.0. The summed E-state index contributed by atoms with van der Waals surface area (Å²) in [6.45, 7) is 0.300. The fourth-order valence-corrected chi connectivity index (χ4v) is 1.55. The Hall–Kier alpha value is -2.88. The molecule has 7 heteroatoms. The first-order valence-corrected chi connectivity index (χ1v) is 5.08. The highest BCUT2D eigenvalue weighted by molar-refractivity contribution is 5.95. The molecule has 18 heavy (non-hydrogen) atoms. The van der Waals surface area contributed by atoms with Crippen LogP contribution in [0.4, 0.5) is 5.69 Å². The molecule has 90 valence electrons. The first-order chi connectivity index (χ1) is 8.61. The zero-order valence-electron chi connectivity index (χ0n) is 9.37. The summed E-state index contributed by atoms with van der Waals surface area (Å²) in [7, 11) is 0. The molecule has 0 aliphatic heterocycles. The van der Waals surface area contributed by atoms with Crippen LogP contribution >= 0.6 is 0 Å². The Labute approximate surface area is 103 Å². The van der Waals surface area contributed by atoms with Gasteiger partial charge in [0.2, 0.25) is 0 Å². The Morgan fingerprint density at radius 2 is 2.33 bits per heavy atom. The van der Waals surface area contributed by atoms with Crippen LogP contribution in [-0.4, -0.2) is 20.7 Å².